The van der Waals surface area contributed by atoms with E-state index in [1.54, 1.807) is 0 Å². The molecule has 0 heterocycles. The van der Waals surface area contributed by atoms with Crippen molar-refractivity contribution in [1.82, 2.24) is 4.91 Å². The third-order valence-electron chi connectivity index (χ3n) is 1.73. The first-order valence-corrected chi connectivity index (χ1v) is 4.39. The third kappa shape index (κ3) is 3.35. The second-order valence-corrected chi connectivity index (χ2v) is 2.84. The molecule has 0 atom stereocenters. The maximum atomic E-state index is 12.5. The molecule has 4 nitrogen and oxygen atoms in total. The van der Waals surface area contributed by atoms with E-state index in [4.69, 9.17) is 0 Å². The molecule has 17 heavy (non-hydrogen) atoms. The lowest BCUT2D eigenvalue weighted by Gasteiger charge is -2.08. The van der Waals surface area contributed by atoms with Crippen LogP contribution in [0.4, 0.5) is 13.2 Å². The van der Waals surface area contributed by atoms with Gasteiger partial charge in [0.15, 0.2) is 0 Å². The summed E-state index contributed by atoms with van der Waals surface area (Å²) in [5.41, 5.74) is -1.62. The highest BCUT2D eigenvalue weighted by Gasteiger charge is 2.35. The summed E-state index contributed by atoms with van der Waals surface area (Å²) in [6.07, 6.45) is -3.61. The smallest absolute Gasteiger partial charge is 0.259 e. The number of benzene rings is 1. The number of alkyl halides is 3. The summed E-state index contributed by atoms with van der Waals surface area (Å²) >= 11 is 0. The molecule has 0 bridgehead atoms. The molecular formula is C10H7F3N3O+. The molecule has 1 aromatic carbocycles. The van der Waals surface area contributed by atoms with Gasteiger partial charge < -0.3 is 0 Å². The normalized spacial score (nSPS) is 10.3. The maximum Gasteiger partial charge on any atom is 0.417 e. The number of carbonyl (C=O) groups is 1. The highest BCUT2D eigenvalue weighted by atomic mass is 19.4. The molecule has 0 aliphatic heterocycles. The summed E-state index contributed by atoms with van der Waals surface area (Å²) in [6.45, 7) is 3.18. The van der Waals surface area contributed by atoms with Crippen molar-refractivity contribution in [1.29, 1.82) is 0 Å². The van der Waals surface area contributed by atoms with Gasteiger partial charge in [-0.05, 0) is 12.1 Å². The lowest BCUT2D eigenvalue weighted by atomic mass is 10.1. The van der Waals surface area contributed by atoms with Crippen LogP contribution in [0.15, 0.2) is 47.3 Å². The fraction of sp³-hybridized carbons (Fsp3) is 0.100. The molecule has 0 saturated carbocycles. The fourth-order valence-corrected chi connectivity index (χ4v) is 1.07. The molecule has 0 fully saturated rings. The standard InChI is InChI=1S/C10H7F3N3O/c1-2-14-16-15-9(17)7-5-3-4-6-8(7)10(11,12)13/h2-6H,1H2/q+1. The Morgan fingerprint density at radius 2 is 2.00 bits per heavy atom. The van der Waals surface area contributed by atoms with Gasteiger partial charge in [-0.1, -0.05) is 18.7 Å². The molecule has 1 aromatic rings. The van der Waals surface area contributed by atoms with E-state index in [2.05, 4.69) is 21.7 Å². The SMILES string of the molecule is C=CN=[N+]=NC(=O)c1ccccc1C(F)(F)F. The number of hydrogen-bond acceptors (Lipinski definition) is 2. The zero-order valence-electron chi connectivity index (χ0n) is 8.48. The average molecular weight is 242 g/mol. The quantitative estimate of drug-likeness (QED) is 0.581. The van der Waals surface area contributed by atoms with E-state index in [9.17, 15) is 18.0 Å². The molecule has 0 aliphatic carbocycles. The summed E-state index contributed by atoms with van der Waals surface area (Å²) in [4.78, 5) is 14.3. The molecule has 1 rings (SSSR count). The van der Waals surface area contributed by atoms with E-state index in [-0.39, 0.29) is 0 Å². The Balaban J connectivity index is 3.19. The number of carbonyl (C=O) groups excluding carboxylic acids is 1. The monoisotopic (exact) mass is 242 g/mol. The van der Waals surface area contributed by atoms with Gasteiger partial charge in [0.05, 0.1) is 11.1 Å². The van der Waals surface area contributed by atoms with E-state index in [1.807, 2.05) is 0 Å². The van der Waals surface area contributed by atoms with Gasteiger partial charge >= 0.3 is 12.1 Å². The number of amides is 1. The predicted octanol–water partition coefficient (Wildman–Crippen LogP) is 2.96. The van der Waals surface area contributed by atoms with Crippen molar-refractivity contribution in [3.8, 4) is 0 Å². The van der Waals surface area contributed by atoms with Crippen molar-refractivity contribution in [2.75, 3.05) is 0 Å². The maximum absolute atomic E-state index is 12.5. The van der Waals surface area contributed by atoms with Gasteiger partial charge in [0.2, 0.25) is 10.0 Å². The van der Waals surface area contributed by atoms with Crippen LogP contribution in [-0.2, 0) is 6.18 Å². The van der Waals surface area contributed by atoms with Crippen molar-refractivity contribution < 1.29 is 18.0 Å². The van der Waals surface area contributed by atoms with E-state index in [0.29, 0.717) is 0 Å². The number of nitrogens with zero attached hydrogens (tertiary/aromatic N) is 3. The lowest BCUT2D eigenvalue weighted by Crippen LogP contribution is -2.11. The first-order valence-electron chi connectivity index (χ1n) is 4.39. The minimum atomic E-state index is -4.61. The predicted molar refractivity (Wildman–Crippen MR) is 53.0 cm³/mol. The molecule has 0 N–H and O–H groups in total. The average Bonchev–Trinajstić information content (AvgIpc) is 2.28. The van der Waals surface area contributed by atoms with Crippen molar-refractivity contribution in [3.63, 3.8) is 0 Å². The van der Waals surface area contributed by atoms with Gasteiger partial charge in [0.1, 0.15) is 11.3 Å². The van der Waals surface area contributed by atoms with Gasteiger partial charge in [-0.2, -0.15) is 13.2 Å². The molecule has 0 spiro atoms. The van der Waals surface area contributed by atoms with Gasteiger partial charge in [-0.15, -0.1) is 0 Å². The molecular weight excluding hydrogens is 235 g/mol. The fourth-order valence-electron chi connectivity index (χ4n) is 1.07. The molecule has 0 aromatic heterocycles. The molecule has 0 aliphatic rings. The van der Waals surface area contributed by atoms with Crippen LogP contribution >= 0.6 is 0 Å². The van der Waals surface area contributed by atoms with Crippen molar-refractivity contribution >= 4 is 5.91 Å². The minimum Gasteiger partial charge on any atom is -0.259 e. The number of rotatable bonds is 2. The van der Waals surface area contributed by atoms with Gasteiger partial charge in [0, 0.05) is 0 Å². The van der Waals surface area contributed by atoms with Crippen LogP contribution in [0.1, 0.15) is 15.9 Å². The Morgan fingerprint density at radius 1 is 1.35 bits per heavy atom. The van der Waals surface area contributed by atoms with Crippen LogP contribution in [0.2, 0.25) is 0 Å². The Hall–Kier alpha value is -2.27. The summed E-state index contributed by atoms with van der Waals surface area (Å²) in [5.74, 6) is -1.11. The summed E-state index contributed by atoms with van der Waals surface area (Å²) in [6, 6.07) is 4.32. The van der Waals surface area contributed by atoms with E-state index < -0.39 is 23.2 Å². The highest BCUT2D eigenvalue weighted by molar-refractivity contribution is 5.96. The lowest BCUT2D eigenvalue weighted by molar-refractivity contribution is -0.137. The minimum absolute atomic E-state index is 0.567. The molecule has 0 unspecified atom stereocenters. The first kappa shape index (κ1) is 12.8. The van der Waals surface area contributed by atoms with Crippen LogP contribution in [0.3, 0.4) is 0 Å². The van der Waals surface area contributed by atoms with E-state index in [1.165, 1.54) is 12.1 Å². The van der Waals surface area contributed by atoms with Crippen LogP contribution < -0.4 is 4.91 Å². The molecule has 7 heteroatoms. The van der Waals surface area contributed by atoms with E-state index >= 15 is 0 Å². The zero-order chi connectivity index (χ0) is 12.9. The number of hydrogen-bond donors (Lipinski definition) is 0. The van der Waals surface area contributed by atoms with Crippen molar-refractivity contribution in [2.24, 2.45) is 10.2 Å². The second kappa shape index (κ2) is 5.18. The van der Waals surface area contributed by atoms with Crippen molar-refractivity contribution in [3.05, 3.63) is 48.2 Å². The topological polar surface area (TPSA) is 55.9 Å². The van der Waals surface area contributed by atoms with Gasteiger partial charge in [-0.3, -0.25) is 4.79 Å². The van der Waals surface area contributed by atoms with E-state index in [0.717, 1.165) is 18.3 Å². The molecule has 0 saturated heterocycles. The Morgan fingerprint density at radius 3 is 2.59 bits per heavy atom. The van der Waals surface area contributed by atoms with Gasteiger partial charge in [-0.25, -0.2) is 0 Å². The van der Waals surface area contributed by atoms with Crippen LogP contribution in [0.25, 0.3) is 0 Å². The summed E-state index contributed by atoms with van der Waals surface area (Å²) in [7, 11) is 0. The Kier molecular flexibility index (Phi) is 3.90. The Bertz CT molecular complexity index is 502. The van der Waals surface area contributed by atoms with Crippen LogP contribution in [0.5, 0.6) is 0 Å². The first-order chi connectivity index (χ1) is 7.96. The highest BCUT2D eigenvalue weighted by Crippen LogP contribution is 2.31. The second-order valence-electron chi connectivity index (χ2n) is 2.84. The largest absolute Gasteiger partial charge is 0.417 e. The zero-order valence-corrected chi connectivity index (χ0v) is 8.48. The summed E-state index contributed by atoms with van der Waals surface area (Å²) < 4.78 is 37.6. The third-order valence-corrected chi connectivity index (χ3v) is 1.73. The molecule has 1 amide bonds. The molecule has 88 valence electrons. The summed E-state index contributed by atoms with van der Waals surface area (Å²) in [5, 5.41) is 6.16. The van der Waals surface area contributed by atoms with Crippen LogP contribution in [-0.4, -0.2) is 5.91 Å². The number of halogens is 3. The Labute approximate surface area is 94.2 Å². The van der Waals surface area contributed by atoms with Crippen molar-refractivity contribution in [2.45, 2.75) is 6.18 Å². The van der Waals surface area contributed by atoms with Crippen LogP contribution in [0, 0.1) is 0 Å². The molecule has 0 radical (unpaired) electrons. The van der Waals surface area contributed by atoms with Gasteiger partial charge in [0.25, 0.3) is 0 Å².